The summed E-state index contributed by atoms with van der Waals surface area (Å²) in [7, 11) is 2.07. The van der Waals surface area contributed by atoms with Crippen LogP contribution in [0.1, 0.15) is 44.9 Å². The van der Waals surface area contributed by atoms with Crippen molar-refractivity contribution in [1.29, 1.82) is 0 Å². The van der Waals surface area contributed by atoms with Gasteiger partial charge in [-0.15, -0.1) is 0 Å². The standard InChI is InChI=1S/C7H15N.C6H8/c1-8-7-5-3-2-4-6-7;1-2-4-6-5-3-1/h7-8H,2-6H2,1H3;1-4H,5-6H2. The molecule has 0 bridgehead atoms. The van der Waals surface area contributed by atoms with Crippen molar-refractivity contribution < 1.29 is 0 Å². The molecule has 0 spiro atoms. The lowest BCUT2D eigenvalue weighted by Gasteiger charge is -2.20. The molecule has 1 nitrogen and oxygen atoms in total. The predicted octanol–water partition coefficient (Wildman–Crippen LogP) is 3.43. The maximum atomic E-state index is 3.30. The van der Waals surface area contributed by atoms with Gasteiger partial charge in [0.1, 0.15) is 0 Å². The first-order valence-electron chi connectivity index (χ1n) is 5.92. The Morgan fingerprint density at radius 1 is 0.929 bits per heavy atom. The summed E-state index contributed by atoms with van der Waals surface area (Å²) in [6.07, 6.45) is 18.1. The number of hydrogen-bond acceptors (Lipinski definition) is 1. The minimum atomic E-state index is 0.837. The van der Waals surface area contributed by atoms with Crippen molar-refractivity contribution >= 4 is 0 Å². The van der Waals surface area contributed by atoms with Gasteiger partial charge in [-0.2, -0.15) is 0 Å². The Bertz CT molecular complexity index is 164. The highest BCUT2D eigenvalue weighted by Crippen LogP contribution is 2.16. The van der Waals surface area contributed by atoms with E-state index in [9.17, 15) is 0 Å². The maximum Gasteiger partial charge on any atom is 0.00640 e. The third-order valence-corrected chi connectivity index (χ3v) is 2.90. The van der Waals surface area contributed by atoms with Gasteiger partial charge in [-0.3, -0.25) is 0 Å². The highest BCUT2D eigenvalue weighted by Gasteiger charge is 2.09. The molecule has 1 fully saturated rings. The van der Waals surface area contributed by atoms with E-state index in [2.05, 4.69) is 36.7 Å². The molecule has 14 heavy (non-hydrogen) atoms. The fourth-order valence-electron chi connectivity index (χ4n) is 1.93. The van der Waals surface area contributed by atoms with E-state index in [0.29, 0.717) is 0 Å². The van der Waals surface area contributed by atoms with Crippen molar-refractivity contribution in [3.63, 3.8) is 0 Å². The molecule has 0 aromatic rings. The summed E-state index contributed by atoms with van der Waals surface area (Å²) in [4.78, 5) is 0. The first-order chi connectivity index (χ1) is 6.93. The van der Waals surface area contributed by atoms with Crippen LogP contribution in [-0.2, 0) is 0 Å². The van der Waals surface area contributed by atoms with Crippen LogP contribution in [0.15, 0.2) is 24.3 Å². The highest BCUT2D eigenvalue weighted by atomic mass is 14.9. The fourth-order valence-corrected chi connectivity index (χ4v) is 1.93. The first kappa shape index (κ1) is 11.5. The number of hydrogen-bond donors (Lipinski definition) is 1. The van der Waals surface area contributed by atoms with Crippen molar-refractivity contribution in [3.05, 3.63) is 24.3 Å². The van der Waals surface area contributed by atoms with Gasteiger partial charge in [-0.1, -0.05) is 43.6 Å². The van der Waals surface area contributed by atoms with Crippen LogP contribution in [0.3, 0.4) is 0 Å². The number of allylic oxidation sites excluding steroid dienone is 4. The molecular formula is C13H23N. The van der Waals surface area contributed by atoms with E-state index >= 15 is 0 Å². The molecule has 1 heteroatoms. The fraction of sp³-hybridized carbons (Fsp3) is 0.692. The summed E-state index contributed by atoms with van der Waals surface area (Å²) < 4.78 is 0. The molecule has 0 amide bonds. The van der Waals surface area contributed by atoms with Gasteiger partial charge in [-0.25, -0.2) is 0 Å². The molecule has 80 valence electrons. The number of rotatable bonds is 1. The molecule has 0 aromatic heterocycles. The van der Waals surface area contributed by atoms with Crippen LogP contribution in [0.4, 0.5) is 0 Å². The van der Waals surface area contributed by atoms with Gasteiger partial charge in [0.05, 0.1) is 0 Å². The minimum absolute atomic E-state index is 0.837. The highest BCUT2D eigenvalue weighted by molar-refractivity contribution is 5.07. The van der Waals surface area contributed by atoms with E-state index in [-0.39, 0.29) is 0 Å². The number of nitrogens with one attached hydrogen (secondary N) is 1. The van der Waals surface area contributed by atoms with Crippen molar-refractivity contribution in [3.8, 4) is 0 Å². The summed E-state index contributed by atoms with van der Waals surface area (Å²) in [5.41, 5.74) is 0. The second kappa shape index (κ2) is 7.81. The van der Waals surface area contributed by atoms with E-state index < -0.39 is 0 Å². The second-order valence-corrected chi connectivity index (χ2v) is 4.06. The molecule has 0 atom stereocenters. The molecule has 0 saturated heterocycles. The van der Waals surface area contributed by atoms with Gasteiger partial charge in [0.2, 0.25) is 0 Å². The smallest absolute Gasteiger partial charge is 0.00640 e. The Morgan fingerprint density at radius 3 is 1.79 bits per heavy atom. The van der Waals surface area contributed by atoms with Crippen molar-refractivity contribution in [2.45, 2.75) is 51.0 Å². The molecule has 1 saturated carbocycles. The van der Waals surface area contributed by atoms with Gasteiger partial charge in [0, 0.05) is 6.04 Å². The normalized spacial score (nSPS) is 21.5. The van der Waals surface area contributed by atoms with Crippen LogP contribution < -0.4 is 5.32 Å². The van der Waals surface area contributed by atoms with E-state index in [4.69, 9.17) is 0 Å². The molecule has 2 aliphatic rings. The molecule has 0 radical (unpaired) electrons. The Kier molecular flexibility index (Phi) is 6.42. The lowest BCUT2D eigenvalue weighted by atomic mass is 9.96. The van der Waals surface area contributed by atoms with Crippen LogP contribution in [0, 0.1) is 0 Å². The summed E-state index contributed by atoms with van der Waals surface area (Å²) in [5, 5.41) is 3.30. The molecule has 0 aromatic carbocycles. The van der Waals surface area contributed by atoms with Gasteiger partial charge >= 0.3 is 0 Å². The Hall–Kier alpha value is -0.560. The van der Waals surface area contributed by atoms with Gasteiger partial charge < -0.3 is 5.32 Å². The average molecular weight is 193 g/mol. The lowest BCUT2D eigenvalue weighted by molar-refractivity contribution is 0.394. The van der Waals surface area contributed by atoms with Crippen LogP contribution in [0.5, 0.6) is 0 Å². The first-order valence-corrected chi connectivity index (χ1v) is 5.92. The van der Waals surface area contributed by atoms with Crippen LogP contribution in [0.2, 0.25) is 0 Å². The van der Waals surface area contributed by atoms with Crippen molar-refractivity contribution in [2.75, 3.05) is 7.05 Å². The summed E-state index contributed by atoms with van der Waals surface area (Å²) >= 11 is 0. The third kappa shape index (κ3) is 5.23. The van der Waals surface area contributed by atoms with Crippen LogP contribution in [0.25, 0.3) is 0 Å². The predicted molar refractivity (Wildman–Crippen MR) is 63.4 cm³/mol. The van der Waals surface area contributed by atoms with Crippen LogP contribution >= 0.6 is 0 Å². The summed E-state index contributed by atoms with van der Waals surface area (Å²) in [5.74, 6) is 0. The lowest BCUT2D eigenvalue weighted by Crippen LogP contribution is -2.26. The molecule has 1 N–H and O–H groups in total. The van der Waals surface area contributed by atoms with Crippen LogP contribution in [-0.4, -0.2) is 13.1 Å². The quantitative estimate of drug-likeness (QED) is 0.672. The second-order valence-electron chi connectivity index (χ2n) is 4.06. The maximum absolute atomic E-state index is 3.30. The summed E-state index contributed by atoms with van der Waals surface area (Å²) in [6, 6.07) is 0.837. The van der Waals surface area contributed by atoms with E-state index in [1.54, 1.807) is 0 Å². The Labute approximate surface area is 88.3 Å². The van der Waals surface area contributed by atoms with Crippen molar-refractivity contribution in [2.24, 2.45) is 0 Å². The zero-order valence-electron chi connectivity index (χ0n) is 9.34. The van der Waals surface area contributed by atoms with E-state index in [1.807, 2.05) is 0 Å². The molecular weight excluding hydrogens is 170 g/mol. The van der Waals surface area contributed by atoms with Gasteiger partial charge in [-0.05, 0) is 32.7 Å². The minimum Gasteiger partial charge on any atom is -0.317 e. The van der Waals surface area contributed by atoms with E-state index in [1.165, 1.54) is 44.9 Å². The largest absolute Gasteiger partial charge is 0.317 e. The monoisotopic (exact) mass is 193 g/mol. The van der Waals surface area contributed by atoms with E-state index in [0.717, 1.165) is 6.04 Å². The average Bonchev–Trinajstić information content (AvgIpc) is 2.33. The molecule has 0 aliphatic heterocycles. The van der Waals surface area contributed by atoms with Crippen molar-refractivity contribution in [1.82, 2.24) is 5.32 Å². The Morgan fingerprint density at radius 2 is 1.50 bits per heavy atom. The summed E-state index contributed by atoms with van der Waals surface area (Å²) in [6.45, 7) is 0. The Balaban J connectivity index is 0.000000146. The topological polar surface area (TPSA) is 12.0 Å². The van der Waals surface area contributed by atoms with Gasteiger partial charge in [0.15, 0.2) is 0 Å². The molecule has 0 heterocycles. The molecule has 2 aliphatic carbocycles. The molecule has 0 unspecified atom stereocenters. The SMILES string of the molecule is C1=CCCC=C1.CNC1CCCCC1. The third-order valence-electron chi connectivity index (χ3n) is 2.90. The van der Waals surface area contributed by atoms with Gasteiger partial charge in [0.25, 0.3) is 0 Å². The zero-order valence-corrected chi connectivity index (χ0v) is 9.34. The zero-order chi connectivity index (χ0) is 10.1. The molecule has 2 rings (SSSR count).